The fraction of sp³-hybridized carbons (Fsp3) is 0.786. The molecule has 1 saturated heterocycles. The molecular formula is C14H25N5O2. The minimum absolute atomic E-state index is 0.390. The number of anilines is 2. The minimum Gasteiger partial charge on any atom is -0.463 e. The third-order valence-electron chi connectivity index (χ3n) is 3.25. The summed E-state index contributed by atoms with van der Waals surface area (Å²) in [6.45, 7) is 6.17. The Hall–Kier alpha value is -1.63. The largest absolute Gasteiger partial charge is 0.463 e. The highest BCUT2D eigenvalue weighted by Gasteiger charge is 2.17. The van der Waals surface area contributed by atoms with Crippen molar-refractivity contribution in [1.82, 2.24) is 15.0 Å². The van der Waals surface area contributed by atoms with E-state index in [2.05, 4.69) is 32.1 Å². The van der Waals surface area contributed by atoms with Gasteiger partial charge in [0.2, 0.25) is 11.9 Å². The van der Waals surface area contributed by atoms with Crippen LogP contribution in [0.3, 0.4) is 0 Å². The predicted molar refractivity (Wildman–Crippen MR) is 82.0 cm³/mol. The summed E-state index contributed by atoms with van der Waals surface area (Å²) in [5, 5.41) is 3.21. The average molecular weight is 295 g/mol. The van der Waals surface area contributed by atoms with Gasteiger partial charge in [0.05, 0.1) is 6.61 Å². The van der Waals surface area contributed by atoms with Gasteiger partial charge in [-0.25, -0.2) is 0 Å². The normalized spacial score (nSPS) is 14.5. The van der Waals surface area contributed by atoms with Gasteiger partial charge in [0.15, 0.2) is 0 Å². The van der Waals surface area contributed by atoms with E-state index in [0.717, 1.165) is 32.5 Å². The topological polar surface area (TPSA) is 72.4 Å². The molecule has 0 aromatic carbocycles. The van der Waals surface area contributed by atoms with E-state index in [9.17, 15) is 0 Å². The first-order chi connectivity index (χ1) is 10.3. The zero-order valence-corrected chi connectivity index (χ0v) is 13.0. The monoisotopic (exact) mass is 295 g/mol. The molecule has 1 aliphatic rings. The molecule has 1 aromatic rings. The average Bonchev–Trinajstić information content (AvgIpc) is 3.04. The lowest BCUT2D eigenvalue weighted by atomic mass is 10.4. The number of hydrogen-bond donors (Lipinski definition) is 1. The number of nitrogens with zero attached hydrogens (tertiary/aromatic N) is 4. The smallest absolute Gasteiger partial charge is 0.323 e. The second-order valence-corrected chi connectivity index (χ2v) is 5.06. The number of rotatable bonds is 9. The molecule has 2 heterocycles. The van der Waals surface area contributed by atoms with Crippen LogP contribution in [0.2, 0.25) is 0 Å². The van der Waals surface area contributed by atoms with E-state index >= 15 is 0 Å². The zero-order chi connectivity index (χ0) is 14.9. The van der Waals surface area contributed by atoms with Gasteiger partial charge in [0.25, 0.3) is 0 Å². The molecule has 1 aromatic heterocycles. The highest BCUT2D eigenvalue weighted by Crippen LogP contribution is 2.19. The van der Waals surface area contributed by atoms with Crippen LogP contribution in [0.25, 0.3) is 0 Å². The quantitative estimate of drug-likeness (QED) is 0.695. The first kappa shape index (κ1) is 15.8. The highest BCUT2D eigenvalue weighted by atomic mass is 16.5. The van der Waals surface area contributed by atoms with Gasteiger partial charge in [-0.05, 0) is 19.3 Å². The second kappa shape index (κ2) is 8.61. The Morgan fingerprint density at radius 1 is 1.14 bits per heavy atom. The van der Waals surface area contributed by atoms with Crippen molar-refractivity contribution in [3.05, 3.63) is 0 Å². The van der Waals surface area contributed by atoms with Crippen molar-refractivity contribution in [3.63, 3.8) is 0 Å². The number of aromatic nitrogens is 3. The van der Waals surface area contributed by atoms with Crippen LogP contribution in [-0.4, -0.2) is 54.9 Å². The fourth-order valence-corrected chi connectivity index (χ4v) is 2.15. The third-order valence-corrected chi connectivity index (χ3v) is 3.25. The minimum atomic E-state index is 0.390. The number of hydrogen-bond acceptors (Lipinski definition) is 7. The molecule has 1 fully saturated rings. The summed E-state index contributed by atoms with van der Waals surface area (Å²) >= 11 is 0. The van der Waals surface area contributed by atoms with E-state index in [1.54, 1.807) is 7.11 Å². The van der Waals surface area contributed by atoms with Gasteiger partial charge in [-0.2, -0.15) is 15.0 Å². The molecule has 118 valence electrons. The Bertz CT molecular complexity index is 424. The van der Waals surface area contributed by atoms with Crippen molar-refractivity contribution in [1.29, 1.82) is 0 Å². The molecule has 7 nitrogen and oxygen atoms in total. The molecule has 0 saturated carbocycles. The fourth-order valence-electron chi connectivity index (χ4n) is 2.15. The molecule has 0 aliphatic carbocycles. The van der Waals surface area contributed by atoms with Gasteiger partial charge >= 0.3 is 6.01 Å². The van der Waals surface area contributed by atoms with Crippen LogP contribution in [-0.2, 0) is 4.74 Å². The van der Waals surface area contributed by atoms with E-state index in [4.69, 9.17) is 9.47 Å². The SMILES string of the molecule is CCCNc1nc(OCCCOC)nc(N2CCCC2)n1. The van der Waals surface area contributed by atoms with Crippen molar-refractivity contribution in [2.75, 3.05) is 50.2 Å². The molecule has 0 bridgehead atoms. The molecule has 0 radical (unpaired) electrons. The van der Waals surface area contributed by atoms with Crippen LogP contribution in [0.15, 0.2) is 0 Å². The van der Waals surface area contributed by atoms with Gasteiger partial charge in [0.1, 0.15) is 0 Å². The van der Waals surface area contributed by atoms with Crippen LogP contribution in [0.4, 0.5) is 11.9 Å². The summed E-state index contributed by atoms with van der Waals surface area (Å²) in [5.74, 6) is 1.30. The lowest BCUT2D eigenvalue weighted by Gasteiger charge is -2.16. The van der Waals surface area contributed by atoms with Gasteiger partial charge < -0.3 is 19.7 Å². The van der Waals surface area contributed by atoms with Gasteiger partial charge in [0, 0.05) is 39.8 Å². The van der Waals surface area contributed by atoms with Crippen LogP contribution >= 0.6 is 0 Å². The molecule has 0 atom stereocenters. The molecule has 1 aliphatic heterocycles. The number of methoxy groups -OCH3 is 1. The summed E-state index contributed by atoms with van der Waals surface area (Å²) in [7, 11) is 1.68. The Morgan fingerprint density at radius 3 is 2.67 bits per heavy atom. The Labute approximate surface area is 126 Å². The van der Waals surface area contributed by atoms with Crippen LogP contribution in [0.5, 0.6) is 6.01 Å². The van der Waals surface area contributed by atoms with Crippen LogP contribution in [0, 0.1) is 0 Å². The van der Waals surface area contributed by atoms with Gasteiger partial charge in [-0.3, -0.25) is 0 Å². The molecular weight excluding hydrogens is 270 g/mol. The number of nitrogens with one attached hydrogen (secondary N) is 1. The molecule has 7 heteroatoms. The maximum absolute atomic E-state index is 5.62. The van der Waals surface area contributed by atoms with Crippen molar-refractivity contribution in [2.45, 2.75) is 32.6 Å². The summed E-state index contributed by atoms with van der Waals surface area (Å²) < 4.78 is 10.6. The lowest BCUT2D eigenvalue weighted by Crippen LogP contribution is -2.22. The van der Waals surface area contributed by atoms with E-state index in [-0.39, 0.29) is 0 Å². The maximum atomic E-state index is 5.62. The molecule has 0 amide bonds. The molecule has 1 N–H and O–H groups in total. The van der Waals surface area contributed by atoms with Gasteiger partial charge in [-0.15, -0.1) is 0 Å². The predicted octanol–water partition coefficient (Wildman–Crippen LogP) is 1.71. The van der Waals surface area contributed by atoms with E-state index in [1.165, 1.54) is 12.8 Å². The van der Waals surface area contributed by atoms with Crippen molar-refractivity contribution in [3.8, 4) is 6.01 Å². The van der Waals surface area contributed by atoms with Crippen molar-refractivity contribution < 1.29 is 9.47 Å². The summed E-state index contributed by atoms with van der Waals surface area (Å²) in [4.78, 5) is 15.4. The van der Waals surface area contributed by atoms with Crippen molar-refractivity contribution in [2.24, 2.45) is 0 Å². The van der Waals surface area contributed by atoms with E-state index in [1.807, 2.05) is 0 Å². The van der Waals surface area contributed by atoms with E-state index < -0.39 is 0 Å². The second-order valence-electron chi connectivity index (χ2n) is 5.06. The number of ether oxygens (including phenoxy) is 2. The molecule has 2 rings (SSSR count). The highest BCUT2D eigenvalue weighted by molar-refractivity contribution is 5.39. The Balaban J connectivity index is 2.04. The maximum Gasteiger partial charge on any atom is 0.323 e. The lowest BCUT2D eigenvalue weighted by molar-refractivity contribution is 0.168. The molecule has 21 heavy (non-hydrogen) atoms. The van der Waals surface area contributed by atoms with Crippen LogP contribution < -0.4 is 15.0 Å². The summed E-state index contributed by atoms with van der Waals surface area (Å²) in [6.07, 6.45) is 4.22. The van der Waals surface area contributed by atoms with Crippen molar-refractivity contribution >= 4 is 11.9 Å². The Morgan fingerprint density at radius 2 is 1.95 bits per heavy atom. The standard InChI is InChI=1S/C14H25N5O2/c1-3-7-15-12-16-13(19-8-4-5-9-19)18-14(17-12)21-11-6-10-20-2/h3-11H2,1-2H3,(H,15,16,17,18). The first-order valence-electron chi connectivity index (χ1n) is 7.70. The van der Waals surface area contributed by atoms with Crippen LogP contribution in [0.1, 0.15) is 32.6 Å². The Kier molecular flexibility index (Phi) is 6.46. The zero-order valence-electron chi connectivity index (χ0n) is 13.0. The molecule has 0 unspecified atom stereocenters. The van der Waals surface area contributed by atoms with E-state index in [0.29, 0.717) is 31.1 Å². The summed E-state index contributed by atoms with van der Waals surface area (Å²) in [5.41, 5.74) is 0. The van der Waals surface area contributed by atoms with Gasteiger partial charge in [-0.1, -0.05) is 6.92 Å². The first-order valence-corrected chi connectivity index (χ1v) is 7.70. The summed E-state index contributed by atoms with van der Waals surface area (Å²) in [6, 6.07) is 0.390. The molecule has 0 spiro atoms. The third kappa shape index (κ3) is 5.00.